The van der Waals surface area contributed by atoms with Crippen molar-refractivity contribution in [3.05, 3.63) is 23.8 Å². The topological polar surface area (TPSA) is 0 Å². The third-order valence-electron chi connectivity index (χ3n) is 1.87. The molecule has 0 rings (SSSR count). The van der Waals surface area contributed by atoms with Crippen LogP contribution in [0.5, 0.6) is 0 Å². The zero-order valence-corrected chi connectivity index (χ0v) is 8.93. The van der Waals surface area contributed by atoms with Crippen LogP contribution >= 0.6 is 0 Å². The maximum atomic E-state index is 2.32. The molecule has 0 aromatic heterocycles. The van der Waals surface area contributed by atoms with Gasteiger partial charge in [-0.15, -0.1) is 0 Å². The summed E-state index contributed by atoms with van der Waals surface area (Å²) in [5.74, 6) is 0.794. The van der Waals surface area contributed by atoms with Crippen LogP contribution in [0.1, 0.15) is 47.0 Å². The largest absolute Gasteiger partial charge is 0.0888 e. The minimum atomic E-state index is 0.794. The molecule has 12 heavy (non-hydrogen) atoms. The van der Waals surface area contributed by atoms with Gasteiger partial charge in [-0.2, -0.15) is 0 Å². The summed E-state index contributed by atoms with van der Waals surface area (Å²) in [6.45, 7) is 8.81. The van der Waals surface area contributed by atoms with E-state index in [-0.39, 0.29) is 0 Å². The summed E-state index contributed by atoms with van der Waals surface area (Å²) in [6.07, 6.45) is 10.5. The Morgan fingerprint density at radius 2 is 1.83 bits per heavy atom. The van der Waals surface area contributed by atoms with Gasteiger partial charge in [-0.05, 0) is 39.0 Å². The van der Waals surface area contributed by atoms with E-state index in [1.165, 1.54) is 18.4 Å². The van der Waals surface area contributed by atoms with Gasteiger partial charge in [-0.25, -0.2) is 0 Å². The molecule has 0 saturated heterocycles. The van der Waals surface area contributed by atoms with Crippen molar-refractivity contribution in [1.29, 1.82) is 0 Å². The van der Waals surface area contributed by atoms with Gasteiger partial charge in [0.05, 0.1) is 0 Å². The summed E-state index contributed by atoms with van der Waals surface area (Å²) in [5.41, 5.74) is 1.43. The molecule has 0 N–H and O–H groups in total. The van der Waals surface area contributed by atoms with Crippen LogP contribution in [0, 0.1) is 5.92 Å². The molecule has 0 aromatic rings. The molecule has 70 valence electrons. The van der Waals surface area contributed by atoms with Crippen LogP contribution in [0.4, 0.5) is 0 Å². The summed E-state index contributed by atoms with van der Waals surface area (Å²) < 4.78 is 0. The van der Waals surface area contributed by atoms with E-state index < -0.39 is 0 Å². The highest BCUT2D eigenvalue weighted by molar-refractivity contribution is 4.94. The Hall–Kier alpha value is -0.520. The van der Waals surface area contributed by atoms with E-state index in [1.807, 2.05) is 0 Å². The van der Waals surface area contributed by atoms with Crippen molar-refractivity contribution < 1.29 is 0 Å². The first-order chi connectivity index (χ1) is 5.66. The predicted molar refractivity (Wildman–Crippen MR) is 57.3 cm³/mol. The highest BCUT2D eigenvalue weighted by Crippen LogP contribution is 2.10. The molecule has 0 amide bonds. The van der Waals surface area contributed by atoms with Crippen molar-refractivity contribution in [3.63, 3.8) is 0 Å². The van der Waals surface area contributed by atoms with Crippen molar-refractivity contribution in [2.24, 2.45) is 5.92 Å². The lowest BCUT2D eigenvalue weighted by Gasteiger charge is -2.04. The summed E-state index contributed by atoms with van der Waals surface area (Å²) in [4.78, 5) is 0. The van der Waals surface area contributed by atoms with Crippen LogP contribution in [0.25, 0.3) is 0 Å². The molecule has 0 spiro atoms. The average Bonchev–Trinajstić information content (AvgIpc) is 2.01. The van der Waals surface area contributed by atoms with E-state index in [2.05, 4.69) is 45.9 Å². The van der Waals surface area contributed by atoms with E-state index in [9.17, 15) is 0 Å². The van der Waals surface area contributed by atoms with E-state index in [0.717, 1.165) is 12.3 Å². The van der Waals surface area contributed by atoms with Gasteiger partial charge >= 0.3 is 0 Å². The van der Waals surface area contributed by atoms with Crippen molar-refractivity contribution in [1.82, 2.24) is 0 Å². The Morgan fingerprint density at radius 3 is 2.33 bits per heavy atom. The van der Waals surface area contributed by atoms with Crippen molar-refractivity contribution in [3.8, 4) is 0 Å². The first-order valence-electron chi connectivity index (χ1n) is 4.95. The molecule has 0 aliphatic rings. The molecular formula is C12H22. The van der Waals surface area contributed by atoms with Gasteiger partial charge in [0, 0.05) is 0 Å². The highest BCUT2D eigenvalue weighted by Gasteiger charge is 1.95. The fourth-order valence-corrected chi connectivity index (χ4v) is 1.03. The van der Waals surface area contributed by atoms with E-state index >= 15 is 0 Å². The lowest BCUT2D eigenvalue weighted by molar-refractivity contribution is 0.600. The minimum absolute atomic E-state index is 0.794. The first kappa shape index (κ1) is 11.5. The summed E-state index contributed by atoms with van der Waals surface area (Å²) in [7, 11) is 0. The average molecular weight is 166 g/mol. The molecule has 0 nitrogen and oxygen atoms in total. The Kier molecular flexibility index (Phi) is 6.84. The fraction of sp³-hybridized carbons (Fsp3) is 0.667. The monoisotopic (exact) mass is 166 g/mol. The zero-order chi connectivity index (χ0) is 9.40. The van der Waals surface area contributed by atoms with Crippen LogP contribution in [-0.4, -0.2) is 0 Å². The third-order valence-corrected chi connectivity index (χ3v) is 1.87. The van der Waals surface area contributed by atoms with Gasteiger partial charge in [-0.3, -0.25) is 0 Å². The Balaban J connectivity index is 3.53. The van der Waals surface area contributed by atoms with Crippen LogP contribution in [0.15, 0.2) is 23.8 Å². The number of hydrogen-bond donors (Lipinski definition) is 0. The molecular weight excluding hydrogens is 144 g/mol. The molecule has 0 heteroatoms. The predicted octanol–water partition coefficient (Wildman–Crippen LogP) is 4.34. The molecule has 1 atom stereocenters. The van der Waals surface area contributed by atoms with Crippen LogP contribution in [0.2, 0.25) is 0 Å². The van der Waals surface area contributed by atoms with Crippen molar-refractivity contribution in [2.45, 2.75) is 47.0 Å². The van der Waals surface area contributed by atoms with Gasteiger partial charge < -0.3 is 0 Å². The van der Waals surface area contributed by atoms with Crippen LogP contribution in [0.3, 0.4) is 0 Å². The normalized spacial score (nSPS) is 13.3. The van der Waals surface area contributed by atoms with Gasteiger partial charge in [-0.1, -0.05) is 37.6 Å². The lowest BCUT2D eigenvalue weighted by Crippen LogP contribution is -1.89. The van der Waals surface area contributed by atoms with E-state index in [1.54, 1.807) is 0 Å². The molecule has 0 saturated carbocycles. The summed E-state index contributed by atoms with van der Waals surface area (Å²) in [5, 5.41) is 0. The standard InChI is InChI=1S/C12H22/c1-5-6-7-8-12(4)10-9-11(2)3/h6-7,9,12H,5,8,10H2,1-4H3/b7-6-. The second kappa shape index (κ2) is 7.15. The first-order valence-corrected chi connectivity index (χ1v) is 4.95. The lowest BCUT2D eigenvalue weighted by atomic mass is 10.0. The molecule has 0 fully saturated rings. The number of allylic oxidation sites excluding steroid dienone is 4. The van der Waals surface area contributed by atoms with Crippen molar-refractivity contribution in [2.75, 3.05) is 0 Å². The molecule has 0 bridgehead atoms. The van der Waals surface area contributed by atoms with Gasteiger partial charge in [0.25, 0.3) is 0 Å². The van der Waals surface area contributed by atoms with Crippen LogP contribution < -0.4 is 0 Å². The molecule has 0 heterocycles. The molecule has 0 aromatic carbocycles. The van der Waals surface area contributed by atoms with E-state index in [4.69, 9.17) is 0 Å². The molecule has 0 aliphatic carbocycles. The van der Waals surface area contributed by atoms with Crippen LogP contribution in [-0.2, 0) is 0 Å². The SMILES string of the molecule is CC/C=C\CC(C)CC=C(C)C. The molecule has 1 unspecified atom stereocenters. The summed E-state index contributed by atoms with van der Waals surface area (Å²) >= 11 is 0. The Bertz CT molecular complexity index is 147. The zero-order valence-electron chi connectivity index (χ0n) is 8.93. The maximum Gasteiger partial charge on any atom is -0.0319 e. The fourth-order valence-electron chi connectivity index (χ4n) is 1.03. The summed E-state index contributed by atoms with van der Waals surface area (Å²) in [6, 6.07) is 0. The smallest absolute Gasteiger partial charge is 0.0319 e. The van der Waals surface area contributed by atoms with Gasteiger partial charge in [0.1, 0.15) is 0 Å². The Morgan fingerprint density at radius 1 is 1.17 bits per heavy atom. The van der Waals surface area contributed by atoms with Gasteiger partial charge in [0.15, 0.2) is 0 Å². The number of hydrogen-bond acceptors (Lipinski definition) is 0. The van der Waals surface area contributed by atoms with Gasteiger partial charge in [0.2, 0.25) is 0 Å². The molecule has 0 aliphatic heterocycles. The second-order valence-corrected chi connectivity index (χ2v) is 3.74. The second-order valence-electron chi connectivity index (χ2n) is 3.74. The Labute approximate surface area is 77.4 Å². The minimum Gasteiger partial charge on any atom is -0.0888 e. The van der Waals surface area contributed by atoms with Crippen molar-refractivity contribution >= 4 is 0 Å². The molecule has 0 radical (unpaired) electrons. The van der Waals surface area contributed by atoms with E-state index in [0.29, 0.717) is 0 Å². The highest BCUT2D eigenvalue weighted by atomic mass is 14.0. The number of rotatable bonds is 5. The third kappa shape index (κ3) is 7.59. The maximum absolute atomic E-state index is 2.32. The quantitative estimate of drug-likeness (QED) is 0.533.